The molecule has 3 aromatic heterocycles. The van der Waals surface area contributed by atoms with Crippen molar-refractivity contribution in [2.75, 3.05) is 0 Å². The van der Waals surface area contributed by atoms with Crippen molar-refractivity contribution in [3.63, 3.8) is 0 Å². The number of hydrogen-bond acceptors (Lipinski definition) is 5. The molecule has 0 radical (unpaired) electrons. The fourth-order valence-corrected chi connectivity index (χ4v) is 3.31. The van der Waals surface area contributed by atoms with Crippen molar-refractivity contribution in [2.24, 2.45) is 0 Å². The maximum Gasteiger partial charge on any atom is 0.296 e. The van der Waals surface area contributed by atoms with Crippen LogP contribution in [0.15, 0.2) is 56.5 Å². The molecular weight excluding hydrogens is 334 g/mol. The van der Waals surface area contributed by atoms with Gasteiger partial charge in [0.2, 0.25) is 0 Å². The van der Waals surface area contributed by atoms with Gasteiger partial charge in [-0.25, -0.2) is 4.68 Å². The van der Waals surface area contributed by atoms with E-state index in [1.54, 1.807) is 11.3 Å². The molecule has 0 amide bonds. The minimum Gasteiger partial charge on any atom is -0.355 e. The lowest BCUT2D eigenvalue weighted by atomic mass is 10.1. The van der Waals surface area contributed by atoms with Gasteiger partial charge in [-0.3, -0.25) is 4.79 Å². The summed E-state index contributed by atoms with van der Waals surface area (Å²) in [5, 5.41) is 13.2. The zero-order chi connectivity index (χ0) is 17.2. The van der Waals surface area contributed by atoms with E-state index >= 15 is 0 Å². The van der Waals surface area contributed by atoms with Gasteiger partial charge in [-0.05, 0) is 35.4 Å². The molecule has 0 fully saturated rings. The monoisotopic (exact) mass is 349 g/mol. The maximum absolute atomic E-state index is 12.5. The van der Waals surface area contributed by atoms with Crippen LogP contribution >= 0.6 is 11.3 Å². The molecule has 25 heavy (non-hydrogen) atoms. The maximum atomic E-state index is 12.5. The highest BCUT2D eigenvalue weighted by molar-refractivity contribution is 7.08. The topological polar surface area (TPSA) is 60.9 Å². The van der Waals surface area contributed by atoms with Gasteiger partial charge >= 0.3 is 0 Å². The number of rotatable bonds is 4. The first kappa shape index (κ1) is 15.5. The second kappa shape index (κ2) is 6.49. The van der Waals surface area contributed by atoms with E-state index in [1.807, 2.05) is 66.2 Å². The van der Waals surface area contributed by atoms with Gasteiger partial charge < -0.3 is 4.52 Å². The standard InChI is InChI=1S/C19H15N3O2S/c1-2-22-19(23)18-16(17(20-22)14-6-4-3-5-7-14)15(24-21-18)9-8-13-10-11-25-12-13/h3-12H,2H2,1H3/b9-8+. The Hall–Kier alpha value is -2.99. The Morgan fingerprint density at radius 2 is 2.04 bits per heavy atom. The summed E-state index contributed by atoms with van der Waals surface area (Å²) in [5.74, 6) is 0.535. The number of thiophene rings is 1. The SMILES string of the molecule is CCn1nc(-c2ccccc2)c2c(/C=C/c3ccsc3)onc2c1=O. The third-order valence-corrected chi connectivity index (χ3v) is 4.63. The molecule has 0 saturated carbocycles. The van der Waals surface area contributed by atoms with Crippen LogP contribution in [0.2, 0.25) is 0 Å². The highest BCUT2D eigenvalue weighted by Gasteiger charge is 2.19. The summed E-state index contributed by atoms with van der Waals surface area (Å²) in [7, 11) is 0. The zero-order valence-electron chi connectivity index (χ0n) is 13.5. The van der Waals surface area contributed by atoms with Crippen molar-refractivity contribution >= 4 is 34.4 Å². The molecule has 124 valence electrons. The van der Waals surface area contributed by atoms with Crippen LogP contribution in [0.4, 0.5) is 0 Å². The Kier molecular flexibility index (Phi) is 4.03. The minimum atomic E-state index is -0.240. The number of fused-ring (bicyclic) bond motifs is 1. The fraction of sp³-hybridized carbons (Fsp3) is 0.105. The molecule has 0 saturated heterocycles. The van der Waals surface area contributed by atoms with Crippen molar-refractivity contribution < 1.29 is 4.52 Å². The molecule has 4 rings (SSSR count). The Morgan fingerprint density at radius 1 is 1.20 bits per heavy atom. The number of aromatic nitrogens is 3. The van der Waals surface area contributed by atoms with Crippen LogP contribution in [0.25, 0.3) is 34.3 Å². The molecule has 0 aliphatic carbocycles. The Labute approximate surface area is 147 Å². The fourth-order valence-electron chi connectivity index (χ4n) is 2.68. The first-order valence-corrected chi connectivity index (χ1v) is 8.88. The summed E-state index contributed by atoms with van der Waals surface area (Å²) in [4.78, 5) is 12.5. The first-order chi connectivity index (χ1) is 12.3. The van der Waals surface area contributed by atoms with Gasteiger partial charge in [0, 0.05) is 12.1 Å². The molecule has 0 N–H and O–H groups in total. The quantitative estimate of drug-likeness (QED) is 0.551. The van der Waals surface area contributed by atoms with E-state index in [9.17, 15) is 4.79 Å². The summed E-state index contributed by atoms with van der Waals surface area (Å²) >= 11 is 1.62. The molecule has 0 aliphatic rings. The van der Waals surface area contributed by atoms with Crippen LogP contribution < -0.4 is 5.56 Å². The largest absolute Gasteiger partial charge is 0.355 e. The predicted octanol–water partition coefficient (Wildman–Crippen LogP) is 4.30. The third-order valence-electron chi connectivity index (χ3n) is 3.93. The van der Waals surface area contributed by atoms with Gasteiger partial charge in [0.1, 0.15) is 5.69 Å². The number of hydrogen-bond donors (Lipinski definition) is 0. The van der Waals surface area contributed by atoms with Crippen LogP contribution in [0, 0.1) is 0 Å². The average Bonchev–Trinajstić information content (AvgIpc) is 3.31. The molecule has 0 aliphatic heterocycles. The van der Waals surface area contributed by atoms with Crippen molar-refractivity contribution in [1.29, 1.82) is 0 Å². The van der Waals surface area contributed by atoms with Gasteiger partial charge in [-0.15, -0.1) is 0 Å². The third kappa shape index (κ3) is 2.81. The van der Waals surface area contributed by atoms with E-state index in [1.165, 1.54) is 4.68 Å². The molecule has 5 nitrogen and oxygen atoms in total. The molecule has 3 heterocycles. The Balaban J connectivity index is 1.97. The van der Waals surface area contributed by atoms with Crippen molar-refractivity contribution in [3.8, 4) is 11.3 Å². The van der Waals surface area contributed by atoms with E-state index in [4.69, 9.17) is 4.52 Å². The molecule has 0 bridgehead atoms. The molecular formula is C19H15N3O2S. The molecule has 4 aromatic rings. The number of nitrogens with zero attached hydrogens (tertiary/aromatic N) is 3. The average molecular weight is 349 g/mol. The van der Waals surface area contributed by atoms with Gasteiger partial charge in [0.05, 0.1) is 5.39 Å². The second-order valence-corrected chi connectivity index (χ2v) is 6.28. The smallest absolute Gasteiger partial charge is 0.296 e. The second-order valence-electron chi connectivity index (χ2n) is 5.50. The van der Waals surface area contributed by atoms with E-state index < -0.39 is 0 Å². The summed E-state index contributed by atoms with van der Waals surface area (Å²) < 4.78 is 6.89. The number of benzene rings is 1. The molecule has 0 unspecified atom stereocenters. The van der Waals surface area contributed by atoms with E-state index in [2.05, 4.69) is 10.3 Å². The summed E-state index contributed by atoms with van der Waals surface area (Å²) in [6.45, 7) is 2.36. The van der Waals surface area contributed by atoms with Crippen molar-refractivity contribution in [2.45, 2.75) is 13.5 Å². The number of aryl methyl sites for hydroxylation is 1. The highest BCUT2D eigenvalue weighted by Crippen LogP contribution is 2.28. The molecule has 0 spiro atoms. The van der Waals surface area contributed by atoms with Crippen LogP contribution in [0.3, 0.4) is 0 Å². The normalized spacial score (nSPS) is 11.6. The van der Waals surface area contributed by atoms with Gasteiger partial charge in [-0.2, -0.15) is 16.4 Å². The van der Waals surface area contributed by atoms with Crippen LogP contribution in [-0.2, 0) is 6.54 Å². The van der Waals surface area contributed by atoms with E-state index in [0.717, 1.165) is 11.1 Å². The van der Waals surface area contributed by atoms with Crippen LogP contribution in [-0.4, -0.2) is 14.9 Å². The zero-order valence-corrected chi connectivity index (χ0v) is 14.4. The molecule has 0 atom stereocenters. The Morgan fingerprint density at radius 3 is 2.76 bits per heavy atom. The lowest BCUT2D eigenvalue weighted by molar-refractivity contribution is 0.420. The molecule has 6 heteroatoms. The van der Waals surface area contributed by atoms with Gasteiger partial charge in [-0.1, -0.05) is 41.6 Å². The summed E-state index contributed by atoms with van der Waals surface area (Å²) in [6, 6.07) is 11.8. The van der Waals surface area contributed by atoms with E-state index in [-0.39, 0.29) is 5.56 Å². The van der Waals surface area contributed by atoms with Crippen molar-refractivity contribution in [3.05, 3.63) is 68.8 Å². The summed E-state index contributed by atoms with van der Waals surface area (Å²) in [5.41, 5.74) is 2.76. The van der Waals surface area contributed by atoms with Crippen LogP contribution in [0.5, 0.6) is 0 Å². The minimum absolute atomic E-state index is 0.240. The highest BCUT2D eigenvalue weighted by atomic mass is 32.1. The van der Waals surface area contributed by atoms with Crippen molar-refractivity contribution in [1.82, 2.24) is 14.9 Å². The summed E-state index contributed by atoms with van der Waals surface area (Å²) in [6.07, 6.45) is 3.78. The molecule has 1 aromatic carbocycles. The van der Waals surface area contributed by atoms with Crippen LogP contribution in [0.1, 0.15) is 18.2 Å². The van der Waals surface area contributed by atoms with Gasteiger partial charge in [0.15, 0.2) is 11.3 Å². The predicted molar refractivity (Wildman–Crippen MR) is 100 cm³/mol. The first-order valence-electron chi connectivity index (χ1n) is 7.94. The van der Waals surface area contributed by atoms with E-state index in [0.29, 0.717) is 28.9 Å². The van der Waals surface area contributed by atoms with Gasteiger partial charge in [0.25, 0.3) is 5.56 Å². The Bertz CT molecular complexity index is 1090. The lowest BCUT2D eigenvalue weighted by Crippen LogP contribution is -2.23. The lowest BCUT2D eigenvalue weighted by Gasteiger charge is -2.06.